The summed E-state index contributed by atoms with van der Waals surface area (Å²) in [4.78, 5) is 12.3. The van der Waals surface area contributed by atoms with Gasteiger partial charge in [0.05, 0.1) is 11.7 Å². The minimum absolute atomic E-state index is 0.112. The Morgan fingerprint density at radius 1 is 1.13 bits per heavy atom. The van der Waals surface area contributed by atoms with Gasteiger partial charge in [-0.15, -0.1) is 5.10 Å². The second-order valence-electron chi connectivity index (χ2n) is 5.05. The van der Waals surface area contributed by atoms with Crippen LogP contribution in [0.4, 0.5) is 0 Å². The predicted molar refractivity (Wildman–Crippen MR) is 86.5 cm³/mol. The SMILES string of the molecule is C[C@H](NC(=O)c1ccc(-n2cnnn2)cc1)c1ccc(Cl)cc1. The van der Waals surface area contributed by atoms with Gasteiger partial charge in [0.15, 0.2) is 0 Å². The van der Waals surface area contributed by atoms with E-state index in [1.165, 1.54) is 11.0 Å². The van der Waals surface area contributed by atoms with Gasteiger partial charge in [-0.25, -0.2) is 4.68 Å². The Balaban J connectivity index is 1.69. The van der Waals surface area contributed by atoms with Crippen LogP contribution >= 0.6 is 11.6 Å². The third-order valence-corrected chi connectivity index (χ3v) is 3.71. The summed E-state index contributed by atoms with van der Waals surface area (Å²) >= 11 is 5.87. The lowest BCUT2D eigenvalue weighted by Crippen LogP contribution is -2.26. The van der Waals surface area contributed by atoms with Crippen LogP contribution in [-0.4, -0.2) is 26.1 Å². The summed E-state index contributed by atoms with van der Waals surface area (Å²) in [5.41, 5.74) is 2.35. The Morgan fingerprint density at radius 2 is 1.83 bits per heavy atom. The fourth-order valence-corrected chi connectivity index (χ4v) is 2.29. The van der Waals surface area contributed by atoms with E-state index >= 15 is 0 Å². The van der Waals surface area contributed by atoms with Crippen LogP contribution in [0.3, 0.4) is 0 Å². The molecule has 1 aromatic heterocycles. The number of benzene rings is 2. The highest BCUT2D eigenvalue weighted by atomic mass is 35.5. The number of tetrazole rings is 1. The van der Waals surface area contributed by atoms with Crippen molar-refractivity contribution in [3.63, 3.8) is 0 Å². The highest BCUT2D eigenvalue weighted by molar-refractivity contribution is 6.30. The summed E-state index contributed by atoms with van der Waals surface area (Å²) in [7, 11) is 0. The van der Waals surface area contributed by atoms with Gasteiger partial charge in [0, 0.05) is 10.6 Å². The Hall–Kier alpha value is -2.73. The average molecular weight is 328 g/mol. The smallest absolute Gasteiger partial charge is 0.251 e. The average Bonchev–Trinajstić information content (AvgIpc) is 3.10. The molecular weight excluding hydrogens is 314 g/mol. The van der Waals surface area contributed by atoms with Crippen LogP contribution in [0, 0.1) is 0 Å². The first-order valence-electron chi connectivity index (χ1n) is 7.03. The van der Waals surface area contributed by atoms with E-state index in [2.05, 4.69) is 20.8 Å². The molecular formula is C16H14ClN5O. The zero-order chi connectivity index (χ0) is 16.2. The van der Waals surface area contributed by atoms with Gasteiger partial charge >= 0.3 is 0 Å². The minimum atomic E-state index is -0.143. The van der Waals surface area contributed by atoms with Gasteiger partial charge in [0.2, 0.25) is 0 Å². The lowest BCUT2D eigenvalue weighted by Gasteiger charge is -2.14. The van der Waals surface area contributed by atoms with Crippen molar-refractivity contribution in [1.82, 2.24) is 25.5 Å². The molecule has 0 aliphatic carbocycles. The normalized spacial score (nSPS) is 11.9. The molecule has 6 nitrogen and oxygen atoms in total. The van der Waals surface area contributed by atoms with Gasteiger partial charge in [-0.05, 0) is 59.3 Å². The highest BCUT2D eigenvalue weighted by Crippen LogP contribution is 2.17. The molecule has 0 fully saturated rings. The second kappa shape index (κ2) is 6.58. The summed E-state index contributed by atoms with van der Waals surface area (Å²) in [5, 5.41) is 14.6. The molecule has 0 saturated heterocycles. The third kappa shape index (κ3) is 3.54. The van der Waals surface area contributed by atoms with E-state index in [1.807, 2.05) is 19.1 Å². The zero-order valence-corrected chi connectivity index (χ0v) is 13.1. The summed E-state index contributed by atoms with van der Waals surface area (Å²) in [6.45, 7) is 1.93. The molecule has 2 aromatic carbocycles. The monoisotopic (exact) mass is 327 g/mol. The predicted octanol–water partition coefficient (Wildman–Crippen LogP) is 2.81. The maximum absolute atomic E-state index is 12.3. The van der Waals surface area contributed by atoms with Crippen LogP contribution in [0.15, 0.2) is 54.9 Å². The maximum Gasteiger partial charge on any atom is 0.251 e. The van der Waals surface area contributed by atoms with Crippen LogP contribution < -0.4 is 5.32 Å². The van der Waals surface area contributed by atoms with Crippen molar-refractivity contribution in [2.75, 3.05) is 0 Å². The molecule has 0 saturated carbocycles. The molecule has 1 amide bonds. The standard InChI is InChI=1S/C16H14ClN5O/c1-11(12-2-6-14(17)7-3-12)19-16(23)13-4-8-15(9-5-13)22-10-18-20-21-22/h2-11H,1H3,(H,19,23)/t11-/m0/s1. The van der Waals surface area contributed by atoms with Crippen LogP contribution in [-0.2, 0) is 0 Å². The Labute approximate surface area is 138 Å². The fourth-order valence-electron chi connectivity index (χ4n) is 2.16. The first kappa shape index (κ1) is 15.2. The number of hydrogen-bond acceptors (Lipinski definition) is 4. The van der Waals surface area contributed by atoms with Crippen LogP contribution in [0.1, 0.15) is 28.9 Å². The van der Waals surface area contributed by atoms with Crippen molar-refractivity contribution in [3.8, 4) is 5.69 Å². The molecule has 0 aliphatic rings. The number of carbonyl (C=O) groups is 1. The summed E-state index contributed by atoms with van der Waals surface area (Å²) in [6, 6.07) is 14.3. The van der Waals surface area contributed by atoms with Gasteiger partial charge in [0.25, 0.3) is 5.91 Å². The molecule has 0 bridgehead atoms. The Kier molecular flexibility index (Phi) is 4.34. The molecule has 7 heteroatoms. The van der Waals surface area contributed by atoms with Gasteiger partial charge < -0.3 is 5.32 Å². The number of carbonyl (C=O) groups excluding carboxylic acids is 1. The van der Waals surface area contributed by atoms with E-state index < -0.39 is 0 Å². The number of rotatable bonds is 4. The van der Waals surface area contributed by atoms with Crippen LogP contribution in [0.2, 0.25) is 5.02 Å². The highest BCUT2D eigenvalue weighted by Gasteiger charge is 2.11. The van der Waals surface area contributed by atoms with E-state index in [9.17, 15) is 4.79 Å². The molecule has 116 valence electrons. The number of hydrogen-bond donors (Lipinski definition) is 1. The molecule has 3 rings (SSSR count). The number of aromatic nitrogens is 4. The largest absolute Gasteiger partial charge is 0.346 e. The van der Waals surface area contributed by atoms with Crippen LogP contribution in [0.5, 0.6) is 0 Å². The summed E-state index contributed by atoms with van der Waals surface area (Å²) in [6.07, 6.45) is 1.50. The topological polar surface area (TPSA) is 72.7 Å². The summed E-state index contributed by atoms with van der Waals surface area (Å²) < 4.78 is 1.53. The lowest BCUT2D eigenvalue weighted by atomic mass is 10.1. The van der Waals surface area contributed by atoms with E-state index in [4.69, 9.17) is 11.6 Å². The van der Waals surface area contributed by atoms with Crippen molar-refractivity contribution in [3.05, 3.63) is 71.0 Å². The second-order valence-corrected chi connectivity index (χ2v) is 5.48. The first-order valence-corrected chi connectivity index (χ1v) is 7.41. The molecule has 0 aliphatic heterocycles. The van der Waals surface area contributed by atoms with E-state index in [0.29, 0.717) is 10.6 Å². The lowest BCUT2D eigenvalue weighted by molar-refractivity contribution is 0.0940. The van der Waals surface area contributed by atoms with Gasteiger partial charge in [0.1, 0.15) is 6.33 Å². The van der Waals surface area contributed by atoms with E-state index in [0.717, 1.165) is 11.3 Å². The minimum Gasteiger partial charge on any atom is -0.346 e. The number of amides is 1. The Morgan fingerprint density at radius 3 is 2.43 bits per heavy atom. The molecule has 1 N–H and O–H groups in total. The van der Waals surface area contributed by atoms with Gasteiger partial charge in [-0.2, -0.15) is 0 Å². The molecule has 0 radical (unpaired) electrons. The number of halogens is 1. The van der Waals surface area contributed by atoms with Crippen molar-refractivity contribution >= 4 is 17.5 Å². The van der Waals surface area contributed by atoms with Crippen molar-refractivity contribution in [2.45, 2.75) is 13.0 Å². The molecule has 3 aromatic rings. The maximum atomic E-state index is 12.3. The Bertz CT molecular complexity index is 784. The first-order chi connectivity index (χ1) is 11.1. The van der Waals surface area contributed by atoms with Crippen molar-refractivity contribution in [1.29, 1.82) is 0 Å². The number of nitrogens with one attached hydrogen (secondary N) is 1. The third-order valence-electron chi connectivity index (χ3n) is 3.46. The molecule has 0 unspecified atom stereocenters. The molecule has 1 heterocycles. The summed E-state index contributed by atoms with van der Waals surface area (Å²) in [5.74, 6) is -0.143. The zero-order valence-electron chi connectivity index (χ0n) is 12.3. The fraction of sp³-hybridized carbons (Fsp3) is 0.125. The van der Waals surface area contributed by atoms with E-state index in [-0.39, 0.29) is 11.9 Å². The van der Waals surface area contributed by atoms with Crippen molar-refractivity contribution < 1.29 is 4.79 Å². The van der Waals surface area contributed by atoms with Gasteiger partial charge in [-0.3, -0.25) is 4.79 Å². The van der Waals surface area contributed by atoms with Crippen LogP contribution in [0.25, 0.3) is 5.69 Å². The number of nitrogens with zero attached hydrogens (tertiary/aromatic N) is 4. The molecule has 1 atom stereocenters. The molecule has 0 spiro atoms. The quantitative estimate of drug-likeness (QED) is 0.799. The van der Waals surface area contributed by atoms with Crippen molar-refractivity contribution in [2.24, 2.45) is 0 Å². The van der Waals surface area contributed by atoms with E-state index in [1.54, 1.807) is 36.4 Å². The molecule has 23 heavy (non-hydrogen) atoms. The van der Waals surface area contributed by atoms with Gasteiger partial charge in [-0.1, -0.05) is 23.7 Å².